The van der Waals surface area contributed by atoms with Crippen molar-refractivity contribution in [1.82, 2.24) is 14.8 Å². The molecule has 122 valence electrons. The maximum Gasteiger partial charge on any atom is 0.254 e. The normalized spacial score (nSPS) is 27.7. The van der Waals surface area contributed by atoms with Crippen molar-refractivity contribution in [3.8, 4) is 0 Å². The Bertz CT molecular complexity index is 614. The fourth-order valence-corrected chi connectivity index (χ4v) is 4.08. The van der Waals surface area contributed by atoms with Crippen molar-refractivity contribution < 1.29 is 9.59 Å². The number of nitrogens with zero attached hydrogens (tertiary/aromatic N) is 3. The number of rotatable bonds is 3. The first-order valence-corrected chi connectivity index (χ1v) is 8.68. The van der Waals surface area contributed by atoms with Gasteiger partial charge in [0.2, 0.25) is 5.91 Å². The molecule has 2 aliphatic heterocycles. The van der Waals surface area contributed by atoms with E-state index in [9.17, 15) is 9.59 Å². The number of hydrogen-bond donors (Lipinski definition) is 0. The van der Waals surface area contributed by atoms with Crippen LogP contribution >= 0.6 is 0 Å². The van der Waals surface area contributed by atoms with Crippen molar-refractivity contribution in [3.63, 3.8) is 0 Å². The Morgan fingerprint density at radius 3 is 2.78 bits per heavy atom. The van der Waals surface area contributed by atoms with E-state index >= 15 is 0 Å². The lowest BCUT2D eigenvalue weighted by Crippen LogP contribution is -2.56. The predicted molar refractivity (Wildman–Crippen MR) is 85.8 cm³/mol. The number of aromatic nitrogens is 1. The van der Waals surface area contributed by atoms with Crippen LogP contribution in [0.5, 0.6) is 0 Å². The van der Waals surface area contributed by atoms with E-state index in [1.54, 1.807) is 24.5 Å². The van der Waals surface area contributed by atoms with Crippen LogP contribution in [0.15, 0.2) is 24.5 Å². The second-order valence-electron chi connectivity index (χ2n) is 7.27. The van der Waals surface area contributed by atoms with Crippen molar-refractivity contribution >= 4 is 11.8 Å². The summed E-state index contributed by atoms with van der Waals surface area (Å²) in [5.41, 5.74) is 0.388. The van der Waals surface area contributed by atoms with E-state index in [1.807, 2.05) is 9.80 Å². The molecule has 0 aromatic carbocycles. The van der Waals surface area contributed by atoms with E-state index in [0.29, 0.717) is 17.9 Å². The fourth-order valence-electron chi connectivity index (χ4n) is 4.08. The molecule has 1 atom stereocenters. The van der Waals surface area contributed by atoms with Crippen LogP contribution in [0.1, 0.15) is 48.9 Å². The minimum Gasteiger partial charge on any atom is -0.340 e. The zero-order valence-electron chi connectivity index (χ0n) is 13.4. The maximum atomic E-state index is 13.0. The quantitative estimate of drug-likeness (QED) is 0.858. The summed E-state index contributed by atoms with van der Waals surface area (Å²) < 4.78 is 0. The van der Waals surface area contributed by atoms with Gasteiger partial charge in [0, 0.05) is 37.6 Å². The van der Waals surface area contributed by atoms with Gasteiger partial charge in [-0.15, -0.1) is 0 Å². The molecule has 5 nitrogen and oxygen atoms in total. The molecule has 1 aliphatic carbocycles. The molecule has 0 bridgehead atoms. The molecule has 1 aromatic rings. The fraction of sp³-hybridized carbons (Fsp3) is 0.611. The summed E-state index contributed by atoms with van der Waals surface area (Å²) in [6.07, 6.45) is 9.37. The standard InChI is InChI=1S/C18H23N3O2/c22-16-11-18(13-20(16)12-14-3-4-14)7-1-2-10-21(18)17(23)15-5-8-19-9-6-15/h5-6,8-9,14H,1-4,7,10-13H2/t18-/m1/s1. The summed E-state index contributed by atoms with van der Waals surface area (Å²) in [5, 5.41) is 0. The minimum absolute atomic E-state index is 0.0492. The Labute approximate surface area is 136 Å². The highest BCUT2D eigenvalue weighted by Crippen LogP contribution is 2.40. The summed E-state index contributed by atoms with van der Waals surface area (Å²) in [6, 6.07) is 3.53. The van der Waals surface area contributed by atoms with Gasteiger partial charge in [0.25, 0.3) is 5.91 Å². The first kappa shape index (κ1) is 14.7. The Morgan fingerprint density at radius 2 is 2.04 bits per heavy atom. The number of pyridine rings is 1. The highest BCUT2D eigenvalue weighted by Gasteiger charge is 2.50. The monoisotopic (exact) mass is 313 g/mol. The number of hydrogen-bond acceptors (Lipinski definition) is 3. The van der Waals surface area contributed by atoms with Crippen molar-refractivity contribution in [3.05, 3.63) is 30.1 Å². The Hall–Kier alpha value is -1.91. The van der Waals surface area contributed by atoms with Gasteiger partial charge in [0.15, 0.2) is 0 Å². The van der Waals surface area contributed by atoms with Crippen LogP contribution in [0, 0.1) is 5.92 Å². The molecule has 23 heavy (non-hydrogen) atoms. The molecule has 5 heteroatoms. The van der Waals surface area contributed by atoms with E-state index in [2.05, 4.69) is 4.98 Å². The number of carbonyl (C=O) groups excluding carboxylic acids is 2. The first-order valence-electron chi connectivity index (χ1n) is 8.68. The molecule has 2 amide bonds. The van der Waals surface area contributed by atoms with E-state index in [1.165, 1.54) is 12.8 Å². The Kier molecular flexibility index (Phi) is 3.58. The van der Waals surface area contributed by atoms with Gasteiger partial charge in [-0.1, -0.05) is 0 Å². The summed E-state index contributed by atoms with van der Waals surface area (Å²) >= 11 is 0. The molecular weight excluding hydrogens is 290 g/mol. The molecule has 0 unspecified atom stereocenters. The molecule has 3 aliphatic rings. The third kappa shape index (κ3) is 2.73. The van der Waals surface area contributed by atoms with Crippen molar-refractivity contribution in [2.75, 3.05) is 19.6 Å². The first-order chi connectivity index (χ1) is 11.2. The molecule has 0 radical (unpaired) electrons. The molecule has 1 spiro atoms. The Morgan fingerprint density at radius 1 is 1.26 bits per heavy atom. The average Bonchev–Trinajstić information content (AvgIpc) is 3.33. The van der Waals surface area contributed by atoms with E-state index in [0.717, 1.165) is 38.9 Å². The maximum absolute atomic E-state index is 13.0. The van der Waals surface area contributed by atoms with Crippen LogP contribution in [0.3, 0.4) is 0 Å². The van der Waals surface area contributed by atoms with Crippen LogP contribution < -0.4 is 0 Å². The van der Waals surface area contributed by atoms with Gasteiger partial charge in [-0.25, -0.2) is 0 Å². The van der Waals surface area contributed by atoms with Gasteiger partial charge in [0.1, 0.15) is 0 Å². The summed E-state index contributed by atoms with van der Waals surface area (Å²) in [7, 11) is 0. The molecule has 4 rings (SSSR count). The van der Waals surface area contributed by atoms with Crippen molar-refractivity contribution in [2.24, 2.45) is 5.92 Å². The molecule has 2 saturated heterocycles. The largest absolute Gasteiger partial charge is 0.340 e. The Balaban J connectivity index is 1.58. The molecule has 1 aromatic heterocycles. The average molecular weight is 313 g/mol. The van der Waals surface area contributed by atoms with Crippen LogP contribution in [0.2, 0.25) is 0 Å². The predicted octanol–water partition coefficient (Wildman–Crippen LogP) is 2.09. The van der Waals surface area contributed by atoms with E-state index in [-0.39, 0.29) is 17.4 Å². The molecule has 1 saturated carbocycles. The van der Waals surface area contributed by atoms with Gasteiger partial charge in [-0.2, -0.15) is 0 Å². The molecule has 3 fully saturated rings. The second-order valence-corrected chi connectivity index (χ2v) is 7.27. The van der Waals surface area contributed by atoms with Gasteiger partial charge in [-0.05, 0) is 50.2 Å². The summed E-state index contributed by atoms with van der Waals surface area (Å²) in [5.74, 6) is 0.974. The lowest BCUT2D eigenvalue weighted by atomic mass is 9.85. The topological polar surface area (TPSA) is 53.5 Å². The SMILES string of the molecule is O=C1C[C@]2(CCCCN2C(=O)c2ccncc2)CN1CC1CC1. The van der Waals surface area contributed by atoms with Crippen LogP contribution in [0.25, 0.3) is 0 Å². The lowest BCUT2D eigenvalue weighted by Gasteiger charge is -2.44. The van der Waals surface area contributed by atoms with E-state index in [4.69, 9.17) is 0 Å². The van der Waals surface area contributed by atoms with Gasteiger partial charge < -0.3 is 9.80 Å². The number of piperidine rings is 1. The van der Waals surface area contributed by atoms with Crippen molar-refractivity contribution in [2.45, 2.75) is 44.1 Å². The second kappa shape index (κ2) is 5.62. The smallest absolute Gasteiger partial charge is 0.254 e. The summed E-state index contributed by atoms with van der Waals surface area (Å²) in [6.45, 7) is 2.36. The van der Waals surface area contributed by atoms with E-state index < -0.39 is 0 Å². The van der Waals surface area contributed by atoms with Crippen LogP contribution in [-0.2, 0) is 4.79 Å². The van der Waals surface area contributed by atoms with Crippen LogP contribution in [0.4, 0.5) is 0 Å². The third-order valence-electron chi connectivity index (χ3n) is 5.51. The zero-order valence-corrected chi connectivity index (χ0v) is 13.4. The molecule has 3 heterocycles. The highest BCUT2D eigenvalue weighted by molar-refractivity contribution is 5.95. The van der Waals surface area contributed by atoms with Gasteiger partial charge >= 0.3 is 0 Å². The summed E-state index contributed by atoms with van der Waals surface area (Å²) in [4.78, 5) is 33.5. The van der Waals surface area contributed by atoms with Gasteiger partial charge in [-0.3, -0.25) is 14.6 Å². The van der Waals surface area contributed by atoms with Gasteiger partial charge in [0.05, 0.1) is 12.0 Å². The highest BCUT2D eigenvalue weighted by atomic mass is 16.2. The third-order valence-corrected chi connectivity index (χ3v) is 5.51. The molecular formula is C18H23N3O2. The molecule has 0 N–H and O–H groups in total. The number of carbonyl (C=O) groups is 2. The number of amides is 2. The minimum atomic E-state index is -0.287. The zero-order chi connectivity index (χ0) is 15.9. The van der Waals surface area contributed by atoms with Crippen molar-refractivity contribution in [1.29, 1.82) is 0 Å². The lowest BCUT2D eigenvalue weighted by molar-refractivity contribution is -0.128. The number of likely N-dealkylation sites (tertiary alicyclic amines) is 2. The van der Waals surface area contributed by atoms with Crippen LogP contribution in [-0.4, -0.2) is 51.8 Å².